The highest BCUT2D eigenvalue weighted by molar-refractivity contribution is 8.17. The highest BCUT2D eigenvalue weighted by atomic mass is 32.1. The van der Waals surface area contributed by atoms with Gasteiger partial charge in [0.2, 0.25) is 0 Å². The first-order chi connectivity index (χ1) is 7.93. The average Bonchev–Trinajstić information content (AvgIpc) is 2.80. The Morgan fingerprint density at radius 1 is 0.938 bits per heavy atom. The summed E-state index contributed by atoms with van der Waals surface area (Å²) < 4.78 is 0. The molecule has 0 radical (unpaired) electrons. The van der Waals surface area contributed by atoms with Gasteiger partial charge in [-0.05, 0) is 31.8 Å². The summed E-state index contributed by atoms with van der Waals surface area (Å²) in [5, 5.41) is 1.72. The van der Waals surface area contributed by atoms with Crippen LogP contribution in [0.25, 0.3) is 0 Å². The number of unbranched alkanes of at least 4 members (excludes halogenated alkanes) is 8. The van der Waals surface area contributed by atoms with Crippen molar-refractivity contribution in [2.45, 2.75) is 71.1 Å². The summed E-state index contributed by atoms with van der Waals surface area (Å²) in [6, 6.07) is 0. The van der Waals surface area contributed by atoms with E-state index >= 15 is 0 Å². The van der Waals surface area contributed by atoms with Gasteiger partial charge in [0.25, 0.3) is 0 Å². The van der Waals surface area contributed by atoms with Gasteiger partial charge in [0, 0.05) is 0 Å². The normalized spacial score (nSPS) is 12.3. The summed E-state index contributed by atoms with van der Waals surface area (Å²) in [6.45, 7) is 2.29. The molecule has 0 aromatic carbocycles. The predicted octanol–water partition coefficient (Wildman–Crippen LogP) is 6.95. The van der Waals surface area contributed by atoms with E-state index in [0.717, 1.165) is 7.55 Å². The molecule has 1 aromatic heterocycles. The van der Waals surface area contributed by atoms with E-state index in [2.05, 4.69) is 12.7 Å². The van der Waals surface area contributed by atoms with Crippen molar-refractivity contribution in [3.63, 3.8) is 0 Å². The molecule has 0 aliphatic rings. The third-order valence-electron chi connectivity index (χ3n) is 3.00. The molecule has 1 unspecified atom stereocenters. The molecule has 0 amide bonds. The van der Waals surface area contributed by atoms with Crippen LogP contribution in [-0.4, -0.2) is 0 Å². The van der Waals surface area contributed by atoms with Crippen LogP contribution in [0.15, 0.2) is 5.80 Å². The maximum atomic E-state index is 2.45. The van der Waals surface area contributed by atoms with Gasteiger partial charge in [-0.3, -0.25) is 0 Å². The van der Waals surface area contributed by atoms with Crippen molar-refractivity contribution in [1.82, 2.24) is 0 Å². The fourth-order valence-electron chi connectivity index (χ4n) is 1.96. The zero-order valence-corrected chi connectivity index (χ0v) is 13.3. The van der Waals surface area contributed by atoms with Gasteiger partial charge in [-0.25, -0.2) is 0 Å². The Kier molecular flexibility index (Phi) is 9.90. The third kappa shape index (κ3) is 7.84. The minimum Gasteiger partial charge on any atom is -0.0816 e. The second-order valence-electron chi connectivity index (χ2n) is 4.54. The van der Waals surface area contributed by atoms with Crippen LogP contribution in [-0.2, 0) is 6.42 Å². The van der Waals surface area contributed by atoms with Crippen molar-refractivity contribution in [1.29, 1.82) is 0 Å². The fraction of sp³-hybridized carbons (Fsp3) is 0.846. The van der Waals surface area contributed by atoms with Crippen molar-refractivity contribution >= 4 is 23.3 Å². The average molecular weight is 274 g/mol. The summed E-state index contributed by atoms with van der Waals surface area (Å²) in [5.41, 5.74) is 0. The molecule has 0 spiro atoms. The van der Waals surface area contributed by atoms with Gasteiger partial charge >= 0.3 is 0 Å². The topological polar surface area (TPSA) is 0 Å². The lowest BCUT2D eigenvalue weighted by molar-refractivity contribution is 0.565. The van der Waals surface area contributed by atoms with Crippen molar-refractivity contribution in [2.24, 2.45) is 0 Å². The molecule has 0 N–H and O–H groups in total. The summed E-state index contributed by atoms with van der Waals surface area (Å²) in [7, 11) is 4.38. The van der Waals surface area contributed by atoms with E-state index in [1.165, 1.54) is 64.2 Å². The van der Waals surface area contributed by atoms with E-state index in [-0.39, 0.29) is 0 Å². The maximum Gasteiger partial charge on any atom is -0.0118 e. The maximum absolute atomic E-state index is 2.45. The minimum absolute atomic E-state index is 1.15. The molecule has 92 valence electrons. The smallest absolute Gasteiger partial charge is 0.0118 e. The molecule has 1 atom stereocenters. The summed E-state index contributed by atoms with van der Waals surface area (Å²) >= 11 is 0. The molecule has 0 fully saturated rings. The van der Waals surface area contributed by atoms with Crippen LogP contribution in [0.1, 0.15) is 70.0 Å². The van der Waals surface area contributed by atoms with Crippen LogP contribution >= 0.6 is 23.3 Å². The molecular formula is C13H25P3. The molecule has 16 heavy (non-hydrogen) atoms. The van der Waals surface area contributed by atoms with Gasteiger partial charge < -0.3 is 0 Å². The van der Waals surface area contributed by atoms with Crippen LogP contribution < -0.4 is 0 Å². The molecular weight excluding hydrogens is 249 g/mol. The van der Waals surface area contributed by atoms with Crippen LogP contribution in [0.4, 0.5) is 0 Å². The van der Waals surface area contributed by atoms with Crippen LogP contribution in [0, 0.1) is 0 Å². The number of hydrogen-bond acceptors (Lipinski definition) is 0. The minimum atomic E-state index is 1.15. The number of hydrogen-bond donors (Lipinski definition) is 0. The first-order valence-corrected chi connectivity index (χ1v) is 11.3. The van der Waals surface area contributed by atoms with E-state index in [1.807, 2.05) is 0 Å². The van der Waals surface area contributed by atoms with E-state index in [4.69, 9.17) is 0 Å². The molecule has 0 bridgehead atoms. The van der Waals surface area contributed by atoms with Crippen LogP contribution in [0.2, 0.25) is 0 Å². The standard InChI is InChI=1S/C13H25P3/c1-2-3-4-5-6-7-8-9-10-11-13-12-14-16-15-13/h12,16H,2-11H2,1H3. The van der Waals surface area contributed by atoms with Crippen molar-refractivity contribution in [3.05, 3.63) is 11.1 Å². The Labute approximate surface area is 106 Å². The van der Waals surface area contributed by atoms with Gasteiger partial charge in [0.05, 0.1) is 0 Å². The van der Waals surface area contributed by atoms with E-state index in [9.17, 15) is 0 Å². The lowest BCUT2D eigenvalue weighted by Gasteiger charge is -2.01. The molecule has 1 heterocycles. The molecule has 0 saturated carbocycles. The Morgan fingerprint density at radius 2 is 1.56 bits per heavy atom. The molecule has 0 aliphatic heterocycles. The number of rotatable bonds is 10. The highest BCUT2D eigenvalue weighted by Gasteiger charge is 1.95. The van der Waals surface area contributed by atoms with Gasteiger partial charge in [-0.1, -0.05) is 73.7 Å². The quantitative estimate of drug-likeness (QED) is 0.405. The van der Waals surface area contributed by atoms with Crippen LogP contribution in [0.3, 0.4) is 0 Å². The Balaban J connectivity index is 1.78. The lowest BCUT2D eigenvalue weighted by Crippen LogP contribution is -1.83. The van der Waals surface area contributed by atoms with Crippen molar-refractivity contribution < 1.29 is 0 Å². The summed E-state index contributed by atoms with van der Waals surface area (Å²) in [4.78, 5) is 0. The van der Waals surface area contributed by atoms with Crippen molar-refractivity contribution in [2.75, 3.05) is 0 Å². The highest BCUT2D eigenvalue weighted by Crippen LogP contribution is 2.37. The van der Waals surface area contributed by atoms with Crippen molar-refractivity contribution in [3.8, 4) is 0 Å². The fourth-order valence-corrected chi connectivity index (χ4v) is 7.73. The molecule has 1 rings (SSSR count). The van der Waals surface area contributed by atoms with E-state index < -0.39 is 0 Å². The number of aryl methyl sites for hydroxylation is 1. The molecule has 0 saturated heterocycles. The molecule has 3 heteroatoms. The van der Waals surface area contributed by atoms with Gasteiger partial charge in [0.15, 0.2) is 0 Å². The Bertz CT molecular complexity index is 231. The zero-order chi connectivity index (χ0) is 11.5. The van der Waals surface area contributed by atoms with E-state index in [1.54, 1.807) is 21.0 Å². The molecule has 1 aromatic rings. The zero-order valence-electron chi connectivity index (χ0n) is 10.5. The summed E-state index contributed by atoms with van der Waals surface area (Å²) in [5.74, 6) is 2.45. The first kappa shape index (κ1) is 14.7. The Morgan fingerprint density at radius 3 is 2.12 bits per heavy atom. The van der Waals surface area contributed by atoms with E-state index in [0.29, 0.717) is 0 Å². The molecule has 0 nitrogen and oxygen atoms in total. The first-order valence-electron chi connectivity index (χ1n) is 6.78. The molecule has 0 aliphatic carbocycles. The van der Waals surface area contributed by atoms with Gasteiger partial charge in [0.1, 0.15) is 0 Å². The largest absolute Gasteiger partial charge is 0.0816 e. The lowest BCUT2D eigenvalue weighted by atomic mass is 10.1. The Hall–Kier alpha value is 0.640. The third-order valence-corrected chi connectivity index (χ3v) is 8.34. The summed E-state index contributed by atoms with van der Waals surface area (Å²) in [6.07, 6.45) is 14.4. The monoisotopic (exact) mass is 274 g/mol. The predicted molar refractivity (Wildman–Crippen MR) is 81.9 cm³/mol. The van der Waals surface area contributed by atoms with Gasteiger partial charge in [-0.15, -0.1) is 0 Å². The second-order valence-corrected chi connectivity index (χ2v) is 9.90. The van der Waals surface area contributed by atoms with Crippen LogP contribution in [0.5, 0.6) is 0 Å². The van der Waals surface area contributed by atoms with Gasteiger partial charge in [-0.2, -0.15) is 0 Å². The second kappa shape index (κ2) is 10.8. The SMILES string of the molecule is CCCCCCCCCCCc1cp[pH]p1.